The summed E-state index contributed by atoms with van der Waals surface area (Å²) in [4.78, 5) is 2.34. The molecule has 0 saturated carbocycles. The van der Waals surface area contributed by atoms with Crippen LogP contribution >= 0.6 is 0 Å². The molecule has 0 radical (unpaired) electrons. The molecule has 2 aromatic rings. The van der Waals surface area contributed by atoms with Crippen molar-refractivity contribution in [2.75, 3.05) is 26.7 Å². The Bertz CT molecular complexity index is 516. The Balaban J connectivity index is 2.25. The van der Waals surface area contributed by atoms with Crippen LogP contribution in [0, 0.1) is 0 Å². The smallest absolute Gasteiger partial charge is 0.000753 e. The minimum absolute atomic E-state index is 0.445. The molecule has 2 nitrogen and oxygen atoms in total. The molecule has 0 fully saturated rings. The number of benzene rings is 2. The van der Waals surface area contributed by atoms with Crippen LogP contribution in [0.2, 0.25) is 0 Å². The van der Waals surface area contributed by atoms with Crippen LogP contribution in [0.25, 0.3) is 10.8 Å². The summed E-state index contributed by atoms with van der Waals surface area (Å²) in [6.07, 6.45) is 1.12. The standard InChI is InChI=1S/C17H24N2/c1-3-19(2)12-11-15(13-18)17-10-6-8-14-7-4-5-9-16(14)17/h4-10,15H,3,11-13,18H2,1-2H3/t15-/m1/s1. The lowest BCUT2D eigenvalue weighted by Crippen LogP contribution is -2.23. The summed E-state index contributed by atoms with van der Waals surface area (Å²) in [7, 11) is 2.16. The normalized spacial score (nSPS) is 13.1. The first kappa shape index (κ1) is 14.0. The van der Waals surface area contributed by atoms with Crippen molar-refractivity contribution in [3.05, 3.63) is 48.0 Å². The highest BCUT2D eigenvalue weighted by Gasteiger charge is 2.13. The number of nitrogens with zero attached hydrogens (tertiary/aromatic N) is 1. The van der Waals surface area contributed by atoms with E-state index in [1.54, 1.807) is 0 Å². The van der Waals surface area contributed by atoms with Gasteiger partial charge in [-0.3, -0.25) is 0 Å². The monoisotopic (exact) mass is 256 g/mol. The third-order valence-corrected chi connectivity index (χ3v) is 3.95. The SMILES string of the molecule is CCN(C)CC[C@H](CN)c1cccc2ccccc12. The van der Waals surface area contributed by atoms with Crippen LogP contribution in [0.1, 0.15) is 24.8 Å². The zero-order valence-electron chi connectivity index (χ0n) is 12.0. The van der Waals surface area contributed by atoms with Crippen molar-refractivity contribution >= 4 is 10.8 Å². The van der Waals surface area contributed by atoms with Crippen molar-refractivity contribution in [3.63, 3.8) is 0 Å². The molecule has 0 amide bonds. The van der Waals surface area contributed by atoms with E-state index in [1.807, 2.05) is 0 Å². The molecule has 19 heavy (non-hydrogen) atoms. The molecule has 0 unspecified atom stereocenters. The highest BCUT2D eigenvalue weighted by Crippen LogP contribution is 2.27. The van der Waals surface area contributed by atoms with E-state index in [0.29, 0.717) is 12.5 Å². The van der Waals surface area contributed by atoms with Gasteiger partial charge in [-0.25, -0.2) is 0 Å². The second-order valence-corrected chi connectivity index (χ2v) is 5.19. The molecule has 0 aromatic heterocycles. The van der Waals surface area contributed by atoms with E-state index in [-0.39, 0.29) is 0 Å². The first-order chi connectivity index (χ1) is 9.26. The van der Waals surface area contributed by atoms with Crippen molar-refractivity contribution in [1.82, 2.24) is 4.90 Å². The molecular weight excluding hydrogens is 232 g/mol. The van der Waals surface area contributed by atoms with Gasteiger partial charge in [0, 0.05) is 0 Å². The molecule has 2 rings (SSSR count). The van der Waals surface area contributed by atoms with E-state index in [9.17, 15) is 0 Å². The van der Waals surface area contributed by atoms with Crippen LogP contribution in [0.15, 0.2) is 42.5 Å². The molecular formula is C17H24N2. The Morgan fingerprint density at radius 3 is 2.58 bits per heavy atom. The fourth-order valence-electron chi connectivity index (χ4n) is 2.54. The zero-order chi connectivity index (χ0) is 13.7. The Labute approximate surface area is 116 Å². The van der Waals surface area contributed by atoms with E-state index in [1.165, 1.54) is 16.3 Å². The van der Waals surface area contributed by atoms with Crippen molar-refractivity contribution < 1.29 is 0 Å². The average Bonchev–Trinajstić information content (AvgIpc) is 2.47. The summed E-state index contributed by atoms with van der Waals surface area (Å²) >= 11 is 0. The van der Waals surface area contributed by atoms with Gasteiger partial charge in [0.25, 0.3) is 0 Å². The Morgan fingerprint density at radius 2 is 1.84 bits per heavy atom. The third-order valence-electron chi connectivity index (χ3n) is 3.95. The number of hydrogen-bond donors (Lipinski definition) is 1. The molecule has 1 atom stereocenters. The van der Waals surface area contributed by atoms with E-state index < -0.39 is 0 Å². The summed E-state index contributed by atoms with van der Waals surface area (Å²) in [5, 5.41) is 2.65. The van der Waals surface area contributed by atoms with Crippen LogP contribution in [0.3, 0.4) is 0 Å². The predicted octanol–water partition coefficient (Wildman–Crippen LogP) is 3.22. The highest BCUT2D eigenvalue weighted by atomic mass is 15.1. The minimum atomic E-state index is 0.445. The van der Waals surface area contributed by atoms with Crippen molar-refractivity contribution in [3.8, 4) is 0 Å². The molecule has 2 N–H and O–H groups in total. The van der Waals surface area contributed by atoms with Crippen LogP contribution in [-0.2, 0) is 0 Å². The molecule has 2 heteroatoms. The number of rotatable bonds is 6. The number of fused-ring (bicyclic) bond motifs is 1. The van der Waals surface area contributed by atoms with Crippen molar-refractivity contribution in [2.45, 2.75) is 19.3 Å². The van der Waals surface area contributed by atoms with Gasteiger partial charge in [-0.2, -0.15) is 0 Å². The molecule has 2 aromatic carbocycles. The quantitative estimate of drug-likeness (QED) is 0.860. The fraction of sp³-hybridized carbons (Fsp3) is 0.412. The Hall–Kier alpha value is -1.38. The largest absolute Gasteiger partial charge is 0.330 e. The molecule has 0 aliphatic heterocycles. The third kappa shape index (κ3) is 3.34. The first-order valence-corrected chi connectivity index (χ1v) is 7.12. The second kappa shape index (κ2) is 6.69. The summed E-state index contributed by atoms with van der Waals surface area (Å²) in [5.74, 6) is 0.445. The van der Waals surface area contributed by atoms with Crippen LogP contribution in [0.5, 0.6) is 0 Å². The van der Waals surface area contributed by atoms with Crippen molar-refractivity contribution in [1.29, 1.82) is 0 Å². The van der Waals surface area contributed by atoms with E-state index in [0.717, 1.165) is 19.5 Å². The maximum atomic E-state index is 6.00. The molecule has 0 aliphatic carbocycles. The topological polar surface area (TPSA) is 29.3 Å². The van der Waals surface area contributed by atoms with Gasteiger partial charge in [0.05, 0.1) is 0 Å². The number of nitrogens with two attached hydrogens (primary N) is 1. The number of hydrogen-bond acceptors (Lipinski definition) is 2. The summed E-state index contributed by atoms with van der Waals surface area (Å²) in [6.45, 7) is 5.09. The van der Waals surface area contributed by atoms with Gasteiger partial charge in [-0.05, 0) is 55.4 Å². The maximum Gasteiger partial charge on any atom is -0.000753 e. The lowest BCUT2D eigenvalue weighted by Gasteiger charge is -2.21. The second-order valence-electron chi connectivity index (χ2n) is 5.19. The summed E-state index contributed by atoms with van der Waals surface area (Å²) in [6, 6.07) is 15.1. The minimum Gasteiger partial charge on any atom is -0.330 e. The zero-order valence-corrected chi connectivity index (χ0v) is 12.0. The molecule has 0 spiro atoms. The van der Waals surface area contributed by atoms with Gasteiger partial charge in [0.2, 0.25) is 0 Å². The van der Waals surface area contributed by atoms with E-state index in [4.69, 9.17) is 5.73 Å². The van der Waals surface area contributed by atoms with Gasteiger partial charge < -0.3 is 10.6 Å². The summed E-state index contributed by atoms with van der Waals surface area (Å²) < 4.78 is 0. The molecule has 0 aliphatic rings. The van der Waals surface area contributed by atoms with Crippen LogP contribution in [0.4, 0.5) is 0 Å². The Kier molecular flexibility index (Phi) is 4.94. The van der Waals surface area contributed by atoms with Gasteiger partial charge >= 0.3 is 0 Å². The van der Waals surface area contributed by atoms with Gasteiger partial charge in [0.1, 0.15) is 0 Å². The molecule has 0 saturated heterocycles. The fourth-order valence-corrected chi connectivity index (χ4v) is 2.54. The van der Waals surface area contributed by atoms with Gasteiger partial charge in [0.15, 0.2) is 0 Å². The molecule has 0 heterocycles. The van der Waals surface area contributed by atoms with E-state index in [2.05, 4.69) is 61.3 Å². The van der Waals surface area contributed by atoms with Gasteiger partial charge in [-0.15, -0.1) is 0 Å². The Morgan fingerprint density at radius 1 is 1.11 bits per heavy atom. The lowest BCUT2D eigenvalue weighted by atomic mass is 9.91. The van der Waals surface area contributed by atoms with Crippen LogP contribution in [-0.4, -0.2) is 31.6 Å². The summed E-state index contributed by atoms with van der Waals surface area (Å²) in [5.41, 5.74) is 7.40. The molecule has 0 bridgehead atoms. The maximum absolute atomic E-state index is 6.00. The lowest BCUT2D eigenvalue weighted by molar-refractivity contribution is 0.335. The first-order valence-electron chi connectivity index (χ1n) is 7.12. The average molecular weight is 256 g/mol. The van der Waals surface area contributed by atoms with Crippen molar-refractivity contribution in [2.24, 2.45) is 5.73 Å². The van der Waals surface area contributed by atoms with Gasteiger partial charge in [-0.1, -0.05) is 49.4 Å². The molecule has 102 valence electrons. The predicted molar refractivity (Wildman–Crippen MR) is 83.5 cm³/mol. The highest BCUT2D eigenvalue weighted by molar-refractivity contribution is 5.86. The van der Waals surface area contributed by atoms with E-state index >= 15 is 0 Å². The van der Waals surface area contributed by atoms with Crippen LogP contribution < -0.4 is 5.73 Å².